The first kappa shape index (κ1) is 36.9. The third-order valence-corrected chi connectivity index (χ3v) is 12.9. The molecule has 2 N–H and O–H groups in total. The molecule has 4 aliphatic heterocycles. The number of hydrogen-bond acceptors (Lipinski definition) is 8. The summed E-state index contributed by atoms with van der Waals surface area (Å²) in [5.74, 6) is -0.229. The Morgan fingerprint density at radius 2 is 1.50 bits per heavy atom. The average molecular weight is 841 g/mol. The van der Waals surface area contributed by atoms with E-state index in [9.17, 15) is 27.9 Å². The fraction of sp³-hybridized carbons (Fsp3) is 0.559. The van der Waals surface area contributed by atoms with Gasteiger partial charge in [0, 0.05) is 83.1 Å². The lowest BCUT2D eigenvalue weighted by molar-refractivity contribution is -0.142. The van der Waals surface area contributed by atoms with Crippen LogP contribution in [0.5, 0.6) is 5.75 Å². The highest BCUT2D eigenvalue weighted by Crippen LogP contribution is 2.34. The molecule has 4 heterocycles. The number of nitrogens with one attached hydrogen (secondary N) is 1. The van der Waals surface area contributed by atoms with Crippen LogP contribution in [-0.2, 0) is 32.4 Å². The smallest absolute Gasteiger partial charge is 0.410 e. The van der Waals surface area contributed by atoms with E-state index >= 15 is 0 Å². The van der Waals surface area contributed by atoms with Crippen molar-refractivity contribution in [1.29, 1.82) is 0 Å². The van der Waals surface area contributed by atoms with Gasteiger partial charge in [-0.1, -0.05) is 18.2 Å². The maximum Gasteiger partial charge on any atom is 0.410 e. The van der Waals surface area contributed by atoms with E-state index in [1.165, 1.54) is 10.6 Å². The second-order valence-corrected chi connectivity index (χ2v) is 17.2. The minimum absolute atomic E-state index is 0.0202. The SMILES string of the molecule is CS(=O)(=O)N1CCN(C2CCN(C(=O)[C@@H](Cc3cc(Br)c(O)c(Br)c3)OC(=O)N3CCC(N4CCc5ccccc5NC4=O)CC3)CC2)CC1. The summed E-state index contributed by atoms with van der Waals surface area (Å²) in [5, 5.41) is 13.3. The molecule has 0 saturated carbocycles. The Morgan fingerprint density at radius 1 is 0.900 bits per heavy atom. The van der Waals surface area contributed by atoms with Crippen molar-refractivity contribution in [1.82, 2.24) is 23.9 Å². The van der Waals surface area contributed by atoms with Crippen LogP contribution in [-0.4, -0.2) is 139 Å². The van der Waals surface area contributed by atoms with Crippen molar-refractivity contribution in [2.45, 2.75) is 56.7 Å². The fourth-order valence-corrected chi connectivity index (χ4v) is 9.59. The number of nitrogens with zero attached hydrogens (tertiary/aromatic N) is 5. The van der Waals surface area contributed by atoms with Crippen LogP contribution >= 0.6 is 31.9 Å². The number of hydrogen-bond donors (Lipinski definition) is 2. The standard InChI is InChI=1S/C34H44Br2N6O7S/c1-50(47,48)41-18-16-38(17-19-41)25-7-11-39(12-8-25)32(44)30(22-23-20-27(35)31(43)28(36)21-23)49-34(46)40-13-9-26(10-14-40)42-15-6-24-4-2-3-5-29(24)37-33(42)45/h2-5,20-21,25-26,30,43H,6-19,22H2,1H3,(H,37,45)/t30-/m1/s1. The van der Waals surface area contributed by atoms with Crippen molar-refractivity contribution in [3.63, 3.8) is 0 Å². The number of carbonyl (C=O) groups is 3. The number of halogens is 2. The molecule has 4 aliphatic rings. The minimum atomic E-state index is -3.21. The summed E-state index contributed by atoms with van der Waals surface area (Å²) in [6.45, 7) is 4.63. The Labute approximate surface area is 310 Å². The summed E-state index contributed by atoms with van der Waals surface area (Å²) in [4.78, 5) is 48.3. The molecule has 2 aromatic rings. The van der Waals surface area contributed by atoms with Crippen molar-refractivity contribution < 1.29 is 32.6 Å². The van der Waals surface area contributed by atoms with E-state index in [1.54, 1.807) is 21.9 Å². The number of amides is 4. The molecule has 3 fully saturated rings. The maximum atomic E-state index is 14.0. The van der Waals surface area contributed by atoms with Gasteiger partial charge in [-0.15, -0.1) is 0 Å². The number of anilines is 1. The topological polar surface area (TPSA) is 143 Å². The molecule has 0 aliphatic carbocycles. The monoisotopic (exact) mass is 838 g/mol. The molecule has 0 spiro atoms. The van der Waals surface area contributed by atoms with Gasteiger partial charge in [0.2, 0.25) is 10.0 Å². The number of fused-ring (bicyclic) bond motifs is 1. The van der Waals surface area contributed by atoms with Crippen LogP contribution in [0.25, 0.3) is 0 Å². The third kappa shape index (κ3) is 8.57. The number of piperidine rings is 2. The third-order valence-electron chi connectivity index (χ3n) is 10.4. The van der Waals surface area contributed by atoms with E-state index in [4.69, 9.17) is 4.74 Å². The van der Waals surface area contributed by atoms with E-state index in [0.29, 0.717) is 86.3 Å². The first-order chi connectivity index (χ1) is 23.9. The first-order valence-corrected chi connectivity index (χ1v) is 20.6. The quantitative estimate of drug-likeness (QED) is 0.425. The number of carbonyl (C=O) groups excluding carboxylic acids is 3. The van der Waals surface area contributed by atoms with Gasteiger partial charge in [-0.25, -0.2) is 18.0 Å². The van der Waals surface area contributed by atoms with Gasteiger partial charge >= 0.3 is 12.1 Å². The molecule has 272 valence electrons. The lowest BCUT2D eigenvalue weighted by Gasteiger charge is -2.42. The van der Waals surface area contributed by atoms with E-state index in [-0.39, 0.29) is 36.2 Å². The van der Waals surface area contributed by atoms with Crippen molar-refractivity contribution in [2.75, 3.05) is 70.5 Å². The van der Waals surface area contributed by atoms with Gasteiger partial charge in [0.1, 0.15) is 5.75 Å². The fourth-order valence-electron chi connectivity index (χ4n) is 7.48. The molecular formula is C34H44Br2N6O7S. The predicted molar refractivity (Wildman–Crippen MR) is 196 cm³/mol. The van der Waals surface area contributed by atoms with Crippen molar-refractivity contribution in [3.8, 4) is 5.75 Å². The second-order valence-electron chi connectivity index (χ2n) is 13.5. The van der Waals surface area contributed by atoms with Gasteiger partial charge in [0.25, 0.3) is 5.91 Å². The van der Waals surface area contributed by atoms with Gasteiger partial charge in [-0.2, -0.15) is 4.31 Å². The second kappa shape index (κ2) is 15.8. The van der Waals surface area contributed by atoms with Gasteiger partial charge < -0.3 is 29.9 Å². The highest BCUT2D eigenvalue weighted by Gasteiger charge is 2.37. The molecule has 2 aromatic carbocycles. The highest BCUT2D eigenvalue weighted by molar-refractivity contribution is 9.11. The zero-order valence-electron chi connectivity index (χ0n) is 28.1. The lowest BCUT2D eigenvalue weighted by atomic mass is 10.0. The summed E-state index contributed by atoms with van der Waals surface area (Å²) in [7, 11) is -3.21. The molecular weight excluding hydrogens is 796 g/mol. The number of ether oxygens (including phenoxy) is 1. The van der Waals surface area contributed by atoms with Gasteiger partial charge in [0.15, 0.2) is 6.10 Å². The van der Waals surface area contributed by atoms with Gasteiger partial charge in [-0.05, 0) is 93.3 Å². The summed E-state index contributed by atoms with van der Waals surface area (Å²) in [6, 6.07) is 11.3. The number of phenols is 1. The number of phenolic OH excluding ortho intramolecular Hbond substituents is 1. The summed E-state index contributed by atoms with van der Waals surface area (Å²) in [6.07, 6.45) is 3.15. The predicted octanol–water partition coefficient (Wildman–Crippen LogP) is 4.09. The van der Waals surface area contributed by atoms with E-state index in [1.807, 2.05) is 29.2 Å². The molecule has 3 saturated heterocycles. The van der Waals surface area contributed by atoms with Crippen LogP contribution in [0.15, 0.2) is 45.3 Å². The minimum Gasteiger partial charge on any atom is -0.506 e. The normalized spacial score (nSPS) is 20.9. The summed E-state index contributed by atoms with van der Waals surface area (Å²) < 4.78 is 32.3. The van der Waals surface area contributed by atoms with Crippen molar-refractivity contribution in [3.05, 3.63) is 56.5 Å². The molecule has 0 unspecified atom stereocenters. The number of aromatic hydroxyl groups is 1. The molecule has 4 amide bonds. The molecule has 6 rings (SSSR count). The zero-order chi connectivity index (χ0) is 35.6. The number of rotatable bonds is 7. The van der Waals surface area contributed by atoms with E-state index in [0.717, 1.165) is 30.5 Å². The molecule has 0 aromatic heterocycles. The van der Waals surface area contributed by atoms with E-state index < -0.39 is 22.2 Å². The molecule has 0 radical (unpaired) electrons. The van der Waals surface area contributed by atoms with Gasteiger partial charge in [-0.3, -0.25) is 9.69 Å². The van der Waals surface area contributed by atoms with E-state index in [2.05, 4.69) is 42.1 Å². The Hall–Kier alpha value is -2.92. The van der Waals surface area contributed by atoms with Crippen LogP contribution in [0.4, 0.5) is 15.3 Å². The molecule has 1 atom stereocenters. The molecule has 16 heteroatoms. The largest absolute Gasteiger partial charge is 0.506 e. The Morgan fingerprint density at radius 3 is 2.14 bits per heavy atom. The zero-order valence-corrected chi connectivity index (χ0v) is 32.1. The van der Waals surface area contributed by atoms with Crippen LogP contribution < -0.4 is 5.32 Å². The number of piperazine rings is 1. The Balaban J connectivity index is 1.07. The van der Waals surface area contributed by atoms with Gasteiger partial charge in [0.05, 0.1) is 15.2 Å². The Kier molecular flexibility index (Phi) is 11.6. The van der Waals surface area contributed by atoms with Crippen molar-refractivity contribution in [2.24, 2.45) is 0 Å². The van der Waals surface area contributed by atoms with Crippen molar-refractivity contribution >= 4 is 65.6 Å². The maximum absolute atomic E-state index is 14.0. The van der Waals surface area contributed by atoms with Crippen LogP contribution in [0, 0.1) is 0 Å². The van der Waals surface area contributed by atoms with Crippen LogP contribution in [0.2, 0.25) is 0 Å². The molecule has 0 bridgehead atoms. The number of benzene rings is 2. The summed E-state index contributed by atoms with van der Waals surface area (Å²) in [5.41, 5.74) is 2.64. The number of sulfonamides is 1. The molecule has 13 nitrogen and oxygen atoms in total. The number of likely N-dealkylation sites (tertiary alicyclic amines) is 2. The lowest BCUT2D eigenvalue weighted by Crippen LogP contribution is -2.55. The van der Waals surface area contributed by atoms with Crippen LogP contribution in [0.1, 0.15) is 36.8 Å². The molecule has 50 heavy (non-hydrogen) atoms. The Bertz CT molecular complexity index is 1670. The average Bonchev–Trinajstić information content (AvgIpc) is 3.27. The van der Waals surface area contributed by atoms with Crippen LogP contribution in [0.3, 0.4) is 0 Å². The number of urea groups is 1. The summed E-state index contributed by atoms with van der Waals surface area (Å²) >= 11 is 6.73. The highest BCUT2D eigenvalue weighted by atomic mass is 79.9. The number of para-hydroxylation sites is 1. The first-order valence-electron chi connectivity index (χ1n) is 17.1.